The fraction of sp³-hybridized carbons (Fsp3) is 0.316. The molecule has 2 aromatic rings. The highest BCUT2D eigenvalue weighted by Crippen LogP contribution is 2.37. The molecule has 0 spiro atoms. The van der Waals surface area contributed by atoms with Crippen molar-refractivity contribution >= 4 is 27.3 Å². The van der Waals surface area contributed by atoms with E-state index in [1.165, 1.54) is 14.2 Å². The number of amides is 1. The van der Waals surface area contributed by atoms with Gasteiger partial charge in [-0.3, -0.25) is 9.52 Å². The molecule has 3 rings (SSSR count). The summed E-state index contributed by atoms with van der Waals surface area (Å²) in [6.45, 7) is 0. The first-order chi connectivity index (χ1) is 12.8. The number of anilines is 2. The molecule has 1 aliphatic carbocycles. The first-order valence-electron chi connectivity index (χ1n) is 8.46. The van der Waals surface area contributed by atoms with Crippen LogP contribution in [0.5, 0.6) is 11.5 Å². The Labute approximate surface area is 158 Å². The van der Waals surface area contributed by atoms with E-state index in [4.69, 9.17) is 9.47 Å². The van der Waals surface area contributed by atoms with Gasteiger partial charge in [0, 0.05) is 17.4 Å². The molecule has 0 aromatic heterocycles. The second-order valence-electron chi connectivity index (χ2n) is 6.36. The van der Waals surface area contributed by atoms with Crippen LogP contribution in [0.15, 0.2) is 42.5 Å². The molecule has 0 bridgehead atoms. The van der Waals surface area contributed by atoms with Gasteiger partial charge in [0.05, 0.1) is 20.5 Å². The van der Waals surface area contributed by atoms with Crippen LogP contribution in [-0.4, -0.2) is 40.8 Å². The smallest absolute Gasteiger partial charge is 0.266 e. The molecule has 27 heavy (non-hydrogen) atoms. The first-order valence-corrected chi connectivity index (χ1v) is 10.4. The maximum atomic E-state index is 13.4. The molecule has 2 aromatic carbocycles. The number of rotatable bonds is 7. The van der Waals surface area contributed by atoms with Gasteiger partial charge < -0.3 is 14.4 Å². The van der Waals surface area contributed by atoms with Gasteiger partial charge in [0.1, 0.15) is 17.1 Å². The van der Waals surface area contributed by atoms with Gasteiger partial charge in [-0.2, -0.15) is 0 Å². The molecule has 0 heterocycles. The predicted molar refractivity (Wildman–Crippen MR) is 104 cm³/mol. The third-order valence-electron chi connectivity index (χ3n) is 4.22. The third-order valence-corrected chi connectivity index (χ3v) is 4.83. The van der Waals surface area contributed by atoms with Gasteiger partial charge in [-0.05, 0) is 49.2 Å². The van der Waals surface area contributed by atoms with Crippen LogP contribution in [0.4, 0.5) is 11.4 Å². The van der Waals surface area contributed by atoms with Crippen LogP contribution in [0.2, 0.25) is 0 Å². The Morgan fingerprint density at radius 3 is 2.04 bits per heavy atom. The van der Waals surface area contributed by atoms with Gasteiger partial charge in [0.15, 0.2) is 0 Å². The number of benzene rings is 2. The van der Waals surface area contributed by atoms with Gasteiger partial charge in [-0.1, -0.05) is 6.07 Å². The molecular formula is C19H22N2O5S. The summed E-state index contributed by atoms with van der Waals surface area (Å²) in [5, 5.41) is 0. The molecule has 0 aliphatic heterocycles. The number of nitrogens with one attached hydrogen (secondary N) is 1. The lowest BCUT2D eigenvalue weighted by Crippen LogP contribution is -2.33. The molecule has 1 fully saturated rings. The standard InChI is InChI=1S/C19H22N2O5S/c1-25-16-5-4-6-17(26-2)18(16)19(22)21(15-11-12-15)14-9-7-13(8-10-14)20-27(3,23)24/h4-10,15,20H,11-12H2,1-3H3. The Morgan fingerprint density at radius 1 is 1.04 bits per heavy atom. The molecule has 7 nitrogen and oxygen atoms in total. The highest BCUT2D eigenvalue weighted by Gasteiger charge is 2.36. The predicted octanol–water partition coefficient (Wildman–Crippen LogP) is 2.88. The minimum Gasteiger partial charge on any atom is -0.496 e. The average molecular weight is 390 g/mol. The molecule has 0 unspecified atom stereocenters. The zero-order chi connectivity index (χ0) is 19.6. The van der Waals surface area contributed by atoms with Gasteiger partial charge in [-0.25, -0.2) is 8.42 Å². The van der Waals surface area contributed by atoms with Gasteiger partial charge in [-0.15, -0.1) is 0 Å². The Hall–Kier alpha value is -2.74. The van der Waals surface area contributed by atoms with Crippen LogP contribution in [-0.2, 0) is 10.0 Å². The Morgan fingerprint density at radius 2 is 1.59 bits per heavy atom. The summed E-state index contributed by atoms with van der Waals surface area (Å²) in [7, 11) is -0.330. The minimum atomic E-state index is -3.36. The van der Waals surface area contributed by atoms with Crippen LogP contribution < -0.4 is 19.1 Å². The van der Waals surface area contributed by atoms with E-state index in [9.17, 15) is 13.2 Å². The number of sulfonamides is 1. The van der Waals surface area contributed by atoms with E-state index in [0.29, 0.717) is 28.4 Å². The summed E-state index contributed by atoms with van der Waals surface area (Å²) >= 11 is 0. The Balaban J connectivity index is 1.96. The second-order valence-corrected chi connectivity index (χ2v) is 8.11. The molecule has 1 aliphatic rings. The van der Waals surface area contributed by atoms with Crippen molar-refractivity contribution in [1.82, 2.24) is 0 Å². The number of carbonyl (C=O) groups is 1. The molecule has 0 radical (unpaired) electrons. The lowest BCUT2D eigenvalue weighted by atomic mass is 10.1. The van der Waals surface area contributed by atoms with E-state index in [2.05, 4.69) is 4.72 Å². The molecule has 1 amide bonds. The number of ether oxygens (including phenoxy) is 2. The number of nitrogens with zero attached hydrogens (tertiary/aromatic N) is 1. The fourth-order valence-electron chi connectivity index (χ4n) is 2.91. The highest BCUT2D eigenvalue weighted by atomic mass is 32.2. The quantitative estimate of drug-likeness (QED) is 0.786. The van der Waals surface area contributed by atoms with Crippen molar-refractivity contribution in [3.05, 3.63) is 48.0 Å². The maximum absolute atomic E-state index is 13.4. The normalized spacial score (nSPS) is 13.7. The molecular weight excluding hydrogens is 368 g/mol. The zero-order valence-corrected chi connectivity index (χ0v) is 16.2. The van der Waals surface area contributed by atoms with E-state index < -0.39 is 10.0 Å². The van der Waals surface area contributed by atoms with Crippen molar-refractivity contribution in [3.63, 3.8) is 0 Å². The Kier molecular flexibility index (Phi) is 5.27. The van der Waals surface area contributed by atoms with E-state index in [0.717, 1.165) is 19.1 Å². The summed E-state index contributed by atoms with van der Waals surface area (Å²) in [6, 6.07) is 12.0. The summed E-state index contributed by atoms with van der Waals surface area (Å²) < 4.78 is 35.9. The molecule has 0 saturated heterocycles. The molecule has 8 heteroatoms. The third kappa shape index (κ3) is 4.33. The van der Waals surface area contributed by atoms with Crippen molar-refractivity contribution in [2.75, 3.05) is 30.1 Å². The summed E-state index contributed by atoms with van der Waals surface area (Å²) in [5.74, 6) is 0.677. The van der Waals surface area contributed by atoms with Crippen LogP contribution in [0, 0.1) is 0 Å². The topological polar surface area (TPSA) is 84.9 Å². The summed E-state index contributed by atoms with van der Waals surface area (Å²) in [6.07, 6.45) is 2.91. The lowest BCUT2D eigenvalue weighted by molar-refractivity contribution is 0.0979. The van der Waals surface area contributed by atoms with Crippen LogP contribution in [0.25, 0.3) is 0 Å². The highest BCUT2D eigenvalue weighted by molar-refractivity contribution is 7.92. The average Bonchev–Trinajstić information content (AvgIpc) is 3.46. The van der Waals surface area contributed by atoms with Crippen LogP contribution >= 0.6 is 0 Å². The molecule has 144 valence electrons. The van der Waals surface area contributed by atoms with E-state index in [1.54, 1.807) is 47.4 Å². The van der Waals surface area contributed by atoms with Gasteiger partial charge in [0.2, 0.25) is 10.0 Å². The monoisotopic (exact) mass is 390 g/mol. The molecule has 0 atom stereocenters. The number of hydrogen-bond donors (Lipinski definition) is 1. The van der Waals surface area contributed by atoms with Crippen LogP contribution in [0.3, 0.4) is 0 Å². The SMILES string of the molecule is COc1cccc(OC)c1C(=O)N(c1ccc(NS(C)(=O)=O)cc1)C1CC1. The maximum Gasteiger partial charge on any atom is 0.266 e. The van der Waals surface area contributed by atoms with E-state index >= 15 is 0 Å². The van der Waals surface area contributed by atoms with E-state index in [-0.39, 0.29) is 11.9 Å². The fourth-order valence-corrected chi connectivity index (χ4v) is 3.48. The summed E-state index contributed by atoms with van der Waals surface area (Å²) in [5.41, 5.74) is 1.50. The van der Waals surface area contributed by atoms with Crippen molar-refractivity contribution in [3.8, 4) is 11.5 Å². The van der Waals surface area contributed by atoms with E-state index in [1.807, 2.05) is 0 Å². The number of carbonyl (C=O) groups excluding carboxylic acids is 1. The second kappa shape index (κ2) is 7.48. The van der Waals surface area contributed by atoms with Gasteiger partial charge >= 0.3 is 0 Å². The van der Waals surface area contributed by atoms with Crippen molar-refractivity contribution in [1.29, 1.82) is 0 Å². The molecule has 1 saturated carbocycles. The zero-order valence-electron chi connectivity index (χ0n) is 15.4. The Bertz CT molecular complexity index is 915. The minimum absolute atomic E-state index is 0.0980. The number of hydrogen-bond acceptors (Lipinski definition) is 5. The van der Waals surface area contributed by atoms with Crippen molar-refractivity contribution in [2.24, 2.45) is 0 Å². The van der Waals surface area contributed by atoms with Crippen LogP contribution in [0.1, 0.15) is 23.2 Å². The summed E-state index contributed by atoms with van der Waals surface area (Å²) in [4.78, 5) is 15.1. The largest absolute Gasteiger partial charge is 0.496 e. The first kappa shape index (κ1) is 19.0. The van der Waals surface area contributed by atoms with Crippen molar-refractivity contribution in [2.45, 2.75) is 18.9 Å². The van der Waals surface area contributed by atoms with Crippen molar-refractivity contribution < 1.29 is 22.7 Å². The number of methoxy groups -OCH3 is 2. The lowest BCUT2D eigenvalue weighted by Gasteiger charge is -2.25. The molecule has 1 N–H and O–H groups in total. The van der Waals surface area contributed by atoms with Gasteiger partial charge in [0.25, 0.3) is 5.91 Å².